The molecule has 0 aliphatic carbocycles. The molecule has 0 aliphatic rings. The Labute approximate surface area is 101 Å². The molecule has 0 saturated carbocycles. The van der Waals surface area contributed by atoms with Gasteiger partial charge in [0.05, 0.1) is 6.42 Å². The maximum atomic E-state index is 11.5. The van der Waals surface area contributed by atoms with Crippen LogP contribution >= 0.6 is 0 Å². The van der Waals surface area contributed by atoms with E-state index in [1.54, 1.807) is 0 Å². The average Bonchev–Trinajstić information content (AvgIpc) is 2.28. The minimum absolute atomic E-state index is 0.211. The molecule has 4 nitrogen and oxygen atoms in total. The molecule has 0 saturated heterocycles. The summed E-state index contributed by atoms with van der Waals surface area (Å²) in [7, 11) is 0. The summed E-state index contributed by atoms with van der Waals surface area (Å²) < 4.78 is 0. The molecule has 1 aromatic carbocycles. The van der Waals surface area contributed by atoms with Gasteiger partial charge in [0.15, 0.2) is 0 Å². The lowest BCUT2D eigenvalue weighted by Gasteiger charge is -2.07. The van der Waals surface area contributed by atoms with Crippen molar-refractivity contribution in [3.63, 3.8) is 0 Å². The first-order valence-electron chi connectivity index (χ1n) is 5.56. The number of ketones is 1. The zero-order valence-electron chi connectivity index (χ0n) is 10.1. The van der Waals surface area contributed by atoms with Crippen LogP contribution in [0.25, 0.3) is 0 Å². The van der Waals surface area contributed by atoms with E-state index in [0.717, 1.165) is 5.56 Å². The Morgan fingerprint density at radius 2 is 2.06 bits per heavy atom. The molecule has 4 heteroatoms. The zero-order valence-corrected chi connectivity index (χ0v) is 10.1. The average molecular weight is 235 g/mol. The molecule has 1 aromatic rings. The highest BCUT2D eigenvalue weighted by molar-refractivity contribution is 5.98. The number of carbonyl (C=O) groups is 2. The van der Waals surface area contributed by atoms with Gasteiger partial charge in [-0.3, -0.25) is 14.8 Å². The maximum Gasteiger partial charge on any atom is 0.250 e. The first-order valence-corrected chi connectivity index (χ1v) is 5.56. The van der Waals surface area contributed by atoms with Crippen LogP contribution in [-0.2, 0) is 16.0 Å². The second-order valence-electron chi connectivity index (χ2n) is 4.33. The summed E-state index contributed by atoms with van der Waals surface area (Å²) in [5.41, 5.74) is 3.52. The first kappa shape index (κ1) is 13.4. The molecule has 1 rings (SSSR count). The quantitative estimate of drug-likeness (QED) is 0.464. The second-order valence-corrected chi connectivity index (χ2v) is 4.33. The summed E-state index contributed by atoms with van der Waals surface area (Å²) in [6.07, 6.45) is -0.0730. The van der Waals surface area contributed by atoms with Crippen molar-refractivity contribution in [1.82, 2.24) is 5.48 Å². The Balaban J connectivity index is 2.65. The van der Waals surface area contributed by atoms with Gasteiger partial charge in [-0.15, -0.1) is 0 Å². The fourth-order valence-corrected chi connectivity index (χ4v) is 1.57. The number of rotatable bonds is 5. The second kappa shape index (κ2) is 6.15. The van der Waals surface area contributed by atoms with Gasteiger partial charge >= 0.3 is 0 Å². The minimum atomic E-state index is -0.671. The normalized spacial score (nSPS) is 10.4. The number of hydroxylamine groups is 1. The topological polar surface area (TPSA) is 66.4 Å². The summed E-state index contributed by atoms with van der Waals surface area (Å²) >= 11 is 0. The first-order chi connectivity index (χ1) is 8.02. The molecule has 0 atom stereocenters. The van der Waals surface area contributed by atoms with E-state index in [1.807, 2.05) is 24.3 Å². The number of nitrogens with one attached hydrogen (secondary N) is 1. The standard InChI is InChI=1S/C13H17NO3/c1-9(2)11-5-3-4-10(6-11)7-12(15)8-13(16)14-17/h3-6,9,17H,7-8H2,1-2H3,(H,14,16). The molecule has 0 fully saturated rings. The highest BCUT2D eigenvalue weighted by Gasteiger charge is 2.10. The van der Waals surface area contributed by atoms with Gasteiger partial charge in [0.25, 0.3) is 5.91 Å². The molecule has 0 bridgehead atoms. The molecule has 17 heavy (non-hydrogen) atoms. The molecule has 0 spiro atoms. The number of amides is 1. The third-order valence-electron chi connectivity index (χ3n) is 2.50. The molecule has 0 unspecified atom stereocenters. The molecule has 0 radical (unpaired) electrons. The van der Waals surface area contributed by atoms with Crippen LogP contribution in [0.15, 0.2) is 24.3 Å². The SMILES string of the molecule is CC(C)c1cccc(CC(=O)CC(=O)NO)c1. The highest BCUT2D eigenvalue weighted by atomic mass is 16.5. The Hall–Kier alpha value is -1.68. The maximum absolute atomic E-state index is 11.5. The van der Waals surface area contributed by atoms with Crippen molar-refractivity contribution in [3.05, 3.63) is 35.4 Å². The Bertz CT molecular complexity index is 413. The molecule has 0 aromatic heterocycles. The van der Waals surface area contributed by atoms with E-state index in [4.69, 9.17) is 5.21 Å². The molecule has 1 amide bonds. The largest absolute Gasteiger partial charge is 0.299 e. The third kappa shape index (κ3) is 4.36. The van der Waals surface area contributed by atoms with Crippen molar-refractivity contribution >= 4 is 11.7 Å². The van der Waals surface area contributed by atoms with Crippen LogP contribution in [0.5, 0.6) is 0 Å². The predicted octanol–water partition coefficient (Wildman–Crippen LogP) is 1.82. The predicted molar refractivity (Wildman–Crippen MR) is 63.8 cm³/mol. The van der Waals surface area contributed by atoms with E-state index in [2.05, 4.69) is 13.8 Å². The van der Waals surface area contributed by atoms with E-state index in [0.29, 0.717) is 5.92 Å². The number of Topliss-reactive ketones (excluding diaryl/α,β-unsaturated/α-hetero) is 1. The van der Waals surface area contributed by atoms with Crippen LogP contribution in [0.2, 0.25) is 0 Å². The lowest BCUT2D eigenvalue weighted by molar-refractivity contribution is -0.133. The van der Waals surface area contributed by atoms with Gasteiger partial charge in [0.2, 0.25) is 0 Å². The van der Waals surface area contributed by atoms with E-state index in [9.17, 15) is 9.59 Å². The fraction of sp³-hybridized carbons (Fsp3) is 0.385. The van der Waals surface area contributed by atoms with Crippen LogP contribution in [0.3, 0.4) is 0 Å². The third-order valence-corrected chi connectivity index (χ3v) is 2.50. The molecule has 0 heterocycles. The Morgan fingerprint density at radius 3 is 2.65 bits per heavy atom. The van der Waals surface area contributed by atoms with E-state index < -0.39 is 5.91 Å². The molecular formula is C13H17NO3. The fourth-order valence-electron chi connectivity index (χ4n) is 1.57. The number of benzene rings is 1. The smallest absolute Gasteiger partial charge is 0.250 e. The van der Waals surface area contributed by atoms with Crippen LogP contribution in [0, 0.1) is 0 Å². The van der Waals surface area contributed by atoms with E-state index in [-0.39, 0.29) is 18.6 Å². The Kier molecular flexibility index (Phi) is 4.84. The van der Waals surface area contributed by atoms with Crippen molar-refractivity contribution in [1.29, 1.82) is 0 Å². The van der Waals surface area contributed by atoms with Gasteiger partial charge in [-0.05, 0) is 17.0 Å². The summed E-state index contributed by atoms with van der Waals surface area (Å²) in [5, 5.41) is 8.31. The highest BCUT2D eigenvalue weighted by Crippen LogP contribution is 2.16. The van der Waals surface area contributed by atoms with Crippen LogP contribution < -0.4 is 5.48 Å². The van der Waals surface area contributed by atoms with Gasteiger partial charge in [-0.2, -0.15) is 0 Å². The van der Waals surface area contributed by atoms with Crippen molar-refractivity contribution in [2.24, 2.45) is 0 Å². The molecule has 2 N–H and O–H groups in total. The van der Waals surface area contributed by atoms with Crippen molar-refractivity contribution < 1.29 is 14.8 Å². The van der Waals surface area contributed by atoms with Gasteiger partial charge in [0.1, 0.15) is 5.78 Å². The molecular weight excluding hydrogens is 218 g/mol. The van der Waals surface area contributed by atoms with Crippen LogP contribution in [0.1, 0.15) is 37.3 Å². The van der Waals surface area contributed by atoms with Gasteiger partial charge in [0, 0.05) is 6.42 Å². The monoisotopic (exact) mass is 235 g/mol. The summed E-state index contributed by atoms with van der Waals surface area (Å²) in [5.74, 6) is -0.474. The molecule has 92 valence electrons. The Morgan fingerprint density at radius 1 is 1.35 bits per heavy atom. The summed E-state index contributed by atoms with van der Waals surface area (Å²) in [6.45, 7) is 4.17. The summed E-state index contributed by atoms with van der Waals surface area (Å²) in [6, 6.07) is 7.75. The van der Waals surface area contributed by atoms with Crippen LogP contribution in [0.4, 0.5) is 0 Å². The van der Waals surface area contributed by atoms with Gasteiger partial charge < -0.3 is 0 Å². The van der Waals surface area contributed by atoms with E-state index >= 15 is 0 Å². The lowest BCUT2D eigenvalue weighted by Crippen LogP contribution is -2.22. The van der Waals surface area contributed by atoms with Crippen molar-refractivity contribution in [2.75, 3.05) is 0 Å². The van der Waals surface area contributed by atoms with Crippen LogP contribution in [-0.4, -0.2) is 16.9 Å². The zero-order chi connectivity index (χ0) is 12.8. The van der Waals surface area contributed by atoms with Crippen molar-refractivity contribution in [3.8, 4) is 0 Å². The van der Waals surface area contributed by atoms with Gasteiger partial charge in [-0.1, -0.05) is 38.1 Å². The van der Waals surface area contributed by atoms with E-state index in [1.165, 1.54) is 11.0 Å². The number of carbonyl (C=O) groups excluding carboxylic acids is 2. The molecule has 0 aliphatic heterocycles. The number of hydrogen-bond donors (Lipinski definition) is 2. The lowest BCUT2D eigenvalue weighted by atomic mass is 9.98. The minimum Gasteiger partial charge on any atom is -0.299 e. The van der Waals surface area contributed by atoms with Gasteiger partial charge in [-0.25, -0.2) is 5.48 Å². The van der Waals surface area contributed by atoms with Crippen molar-refractivity contribution in [2.45, 2.75) is 32.6 Å². The summed E-state index contributed by atoms with van der Waals surface area (Å²) in [4.78, 5) is 22.3. The number of hydrogen-bond acceptors (Lipinski definition) is 3.